The van der Waals surface area contributed by atoms with Crippen LogP contribution in [0.4, 0.5) is 0 Å². The first-order valence-corrected chi connectivity index (χ1v) is 56.5. The summed E-state index contributed by atoms with van der Waals surface area (Å²) in [5.74, 6) is -4.77. The predicted molar refractivity (Wildman–Crippen MR) is 512 cm³/mol. The van der Waals surface area contributed by atoms with Crippen LogP contribution in [0.25, 0.3) is 0 Å². The van der Waals surface area contributed by atoms with Gasteiger partial charge in [-0.05, 0) is 51.4 Å². The lowest BCUT2D eigenvalue weighted by atomic mass is 9.95. The Bertz CT molecular complexity index is 2820. The van der Waals surface area contributed by atoms with Crippen molar-refractivity contribution in [2.75, 3.05) is 19.9 Å². The van der Waals surface area contributed by atoms with Gasteiger partial charge in [0.25, 0.3) is 0 Å². The van der Waals surface area contributed by atoms with E-state index in [1.165, 1.54) is 141 Å². The Balaban J connectivity index is 2.75. The van der Waals surface area contributed by atoms with Gasteiger partial charge in [0.05, 0.1) is 51.1 Å². The van der Waals surface area contributed by atoms with Crippen molar-refractivity contribution >= 4 is 51.1 Å². The minimum absolute atomic E-state index is 0.0959. The van der Waals surface area contributed by atoms with Gasteiger partial charge < -0.3 is 78.9 Å². The molecule has 2 amide bonds. The topological polar surface area (TPSA) is 385 Å². The second kappa shape index (κ2) is 80.9. The molecule has 129 heavy (non-hydrogen) atoms. The van der Waals surface area contributed by atoms with Gasteiger partial charge in [-0.15, -0.1) is 0 Å². The van der Waals surface area contributed by atoms with Gasteiger partial charge in [-0.2, -0.15) is 0 Å². The molecule has 0 aromatic heterocycles. The molecule has 0 spiro atoms. The number of carbonyl (C=O) groups excluding carboxylic acids is 6. The van der Waals surface area contributed by atoms with Crippen LogP contribution in [0, 0.1) is 0 Å². The van der Waals surface area contributed by atoms with E-state index in [1.807, 2.05) is 0 Å². The van der Waals surface area contributed by atoms with Crippen LogP contribution in [0.2, 0.25) is 0 Å². The highest BCUT2D eigenvalue weighted by Crippen LogP contribution is 2.44. The molecule has 15 atom stereocenters. The van der Waals surface area contributed by atoms with Crippen LogP contribution in [0.5, 0.6) is 0 Å². The normalized spacial score (nSPS) is 20.4. The molecule has 9 N–H and O–H groups in total. The molecular formula is C101H192N2O24P2. The van der Waals surface area contributed by atoms with Crippen molar-refractivity contribution in [1.82, 2.24) is 10.6 Å². The summed E-state index contributed by atoms with van der Waals surface area (Å²) in [4.78, 5) is 119. The molecule has 2 saturated heterocycles. The number of esters is 4. The maximum absolute atomic E-state index is 14.9. The number of rotatable bonds is 90. The number of nitrogens with one attached hydrogen (secondary N) is 2. The summed E-state index contributed by atoms with van der Waals surface area (Å²) in [5.41, 5.74) is 0. The third-order valence-electron chi connectivity index (χ3n) is 25.4. The molecule has 2 fully saturated rings. The maximum Gasteiger partial charge on any atom is 0.470 e. The smallest absolute Gasteiger partial charge is 0.462 e. The van der Waals surface area contributed by atoms with Crippen LogP contribution in [-0.2, 0) is 80.1 Å². The molecule has 2 aliphatic rings. The molecule has 2 aliphatic heterocycles. The Morgan fingerprint density at radius 1 is 0.333 bits per heavy atom. The van der Waals surface area contributed by atoms with Gasteiger partial charge in [0.2, 0.25) is 11.8 Å². The average Bonchev–Trinajstić information content (AvgIpc) is 0.770. The second-order valence-electron chi connectivity index (χ2n) is 38.0. The number of aliphatic hydroxyl groups excluding tert-OH is 4. The van der Waals surface area contributed by atoms with E-state index in [2.05, 4.69) is 52.2 Å². The highest BCUT2D eigenvalue weighted by atomic mass is 31.2. The third-order valence-corrected chi connectivity index (χ3v) is 26.5. The number of ether oxygens (including phenoxy) is 7. The SMILES string of the molecule is CCCCCCCCCCCCCCCC(=O)O[C@H](CCCCCCCCCCC)CC(=O)N[C@@H]1C(OP(C)(=O)O)OC(CO[C@@H]2OC(CO)C(OP(=O)(O)O)C(OC(=O)C[C@@H](CCCCCCCCCCC)OC(=O)CCCCCCCCCCCCCCC)[C@@H]2NC(=O)C[C@H](O)CCCCCCCCCCC)[C@@H](O)C1OC(=O)C[C@H](O)CCCCCCCCCCC. The van der Waals surface area contributed by atoms with Crippen LogP contribution in [0.3, 0.4) is 0 Å². The molecule has 0 saturated carbocycles. The van der Waals surface area contributed by atoms with Crippen molar-refractivity contribution in [3.8, 4) is 0 Å². The summed E-state index contributed by atoms with van der Waals surface area (Å²) in [5, 5.41) is 52.3. The first-order valence-electron chi connectivity index (χ1n) is 53.0. The number of hydrogen-bond donors (Lipinski definition) is 9. The van der Waals surface area contributed by atoms with E-state index in [-0.39, 0.29) is 32.1 Å². The lowest BCUT2D eigenvalue weighted by molar-refractivity contribution is -0.296. The van der Waals surface area contributed by atoms with E-state index >= 15 is 0 Å². The Kier molecular flexibility index (Phi) is 76.4. The molecule has 760 valence electrons. The largest absolute Gasteiger partial charge is 0.470 e. The van der Waals surface area contributed by atoms with Gasteiger partial charge in [-0.1, -0.05) is 414 Å². The van der Waals surface area contributed by atoms with Crippen LogP contribution in [-0.4, -0.2) is 176 Å². The number of phosphoric acid groups is 1. The fraction of sp³-hybridized carbons (Fsp3) is 0.941. The van der Waals surface area contributed by atoms with Gasteiger partial charge in [-0.3, -0.25) is 42.4 Å². The van der Waals surface area contributed by atoms with E-state index in [4.69, 9.17) is 42.2 Å². The molecular weight excluding hydrogens is 1690 g/mol. The van der Waals surface area contributed by atoms with E-state index in [0.29, 0.717) is 44.9 Å². The number of aliphatic hydroxyl groups is 4. The summed E-state index contributed by atoms with van der Waals surface area (Å²) < 4.78 is 81.6. The third kappa shape index (κ3) is 66.8. The Morgan fingerprint density at radius 3 is 0.961 bits per heavy atom. The van der Waals surface area contributed by atoms with E-state index in [1.54, 1.807) is 0 Å². The Hall–Kier alpha value is -3.20. The van der Waals surface area contributed by atoms with E-state index < -0.39 is 176 Å². The number of phosphoric ester groups is 1. The fourth-order valence-electron chi connectivity index (χ4n) is 17.7. The predicted octanol–water partition coefficient (Wildman–Crippen LogP) is 23.7. The zero-order valence-corrected chi connectivity index (χ0v) is 84.2. The van der Waals surface area contributed by atoms with Crippen molar-refractivity contribution in [3.63, 3.8) is 0 Å². The Labute approximate surface area is 782 Å². The molecule has 0 aliphatic carbocycles. The first kappa shape index (κ1) is 122. The summed E-state index contributed by atoms with van der Waals surface area (Å²) in [7, 11) is -10.4. The van der Waals surface area contributed by atoms with Gasteiger partial charge >= 0.3 is 39.3 Å². The van der Waals surface area contributed by atoms with Crippen molar-refractivity contribution in [1.29, 1.82) is 0 Å². The number of carbonyl (C=O) groups is 6. The van der Waals surface area contributed by atoms with Gasteiger partial charge in [0.15, 0.2) is 24.8 Å². The minimum Gasteiger partial charge on any atom is -0.462 e. The number of amides is 2. The van der Waals surface area contributed by atoms with Crippen molar-refractivity contribution in [2.45, 2.75) is 590 Å². The summed E-state index contributed by atoms with van der Waals surface area (Å²) >= 11 is 0. The highest BCUT2D eigenvalue weighted by molar-refractivity contribution is 7.51. The van der Waals surface area contributed by atoms with Gasteiger partial charge in [0, 0.05) is 19.5 Å². The van der Waals surface area contributed by atoms with Gasteiger partial charge in [0.1, 0.15) is 48.7 Å². The molecule has 2 rings (SSSR count). The molecule has 28 heteroatoms. The molecule has 7 unspecified atom stereocenters. The molecule has 0 bridgehead atoms. The summed E-state index contributed by atoms with van der Waals surface area (Å²) in [6.07, 6.45) is 44.1. The quantitative estimate of drug-likeness (QED) is 0.0118. The van der Waals surface area contributed by atoms with Crippen LogP contribution in [0.15, 0.2) is 0 Å². The highest BCUT2D eigenvalue weighted by Gasteiger charge is 2.55. The minimum atomic E-state index is -5.64. The fourth-order valence-corrected chi connectivity index (χ4v) is 18.8. The summed E-state index contributed by atoms with van der Waals surface area (Å²) in [6.45, 7) is 12.0. The zero-order chi connectivity index (χ0) is 94.7. The zero-order valence-electron chi connectivity index (χ0n) is 82.4. The van der Waals surface area contributed by atoms with E-state index in [0.717, 1.165) is 225 Å². The summed E-state index contributed by atoms with van der Waals surface area (Å²) in [6, 6.07) is -3.66. The molecule has 0 aromatic rings. The average molecular weight is 1880 g/mol. The van der Waals surface area contributed by atoms with Crippen molar-refractivity contribution < 1.29 is 115 Å². The van der Waals surface area contributed by atoms with Crippen molar-refractivity contribution in [2.24, 2.45) is 0 Å². The van der Waals surface area contributed by atoms with E-state index in [9.17, 15) is 73.0 Å². The van der Waals surface area contributed by atoms with Crippen LogP contribution < -0.4 is 10.6 Å². The Morgan fingerprint density at radius 2 is 0.620 bits per heavy atom. The second-order valence-corrected chi connectivity index (χ2v) is 41.0. The maximum atomic E-state index is 14.9. The first-order chi connectivity index (χ1) is 62.3. The molecule has 2 heterocycles. The lowest BCUT2D eigenvalue weighted by Gasteiger charge is -2.47. The molecule has 0 aromatic carbocycles. The number of unbranched alkanes of at least 4 members (excludes halogenated alkanes) is 56. The van der Waals surface area contributed by atoms with Gasteiger partial charge in [-0.25, -0.2) is 4.57 Å². The molecule has 26 nitrogen and oxygen atoms in total. The van der Waals surface area contributed by atoms with Crippen LogP contribution >= 0.6 is 15.4 Å². The van der Waals surface area contributed by atoms with Crippen LogP contribution in [0.1, 0.15) is 504 Å². The standard InChI is InChI=1S/C101H192N2O24P2/c1-8-14-20-26-32-38-40-42-44-50-56-62-68-74-90(109)120-84(72-66-60-54-48-36-30-24-18-12-5)78-89(108)103-94-98(124-92(111)77-83(106)71-65-59-53-47-35-29-23-17-11-4)96(113)87(123-101(94)127-128(7,114)115)81-119-100-95(102-88(107)76-82(105)70-64-58-52-46-34-28-22-16-10-3)99(97(86(80-104)122-100)126-129(116,117)118)125-93(112)79-85(73-67-61-55-49-37-31-25-19-13-6)121-91(110)75-69-63-57-51-45-43-41-39-33-27-21-15-9-2/h82-87,94-101,104-106,113H,8-81H2,1-7H3,(H,102,107)(H,103,108)(H,114,115)(H2,116,117,118)/t82-,83-,84-,85-,86?,87?,94+,95+,96-,97?,98?,99?,100-,101?/m1/s1. The van der Waals surface area contributed by atoms with Crippen molar-refractivity contribution in [3.05, 3.63) is 0 Å². The number of hydrogen-bond acceptors (Lipinski definition) is 21. The monoisotopic (exact) mass is 1880 g/mol. The lowest BCUT2D eigenvalue weighted by Crippen LogP contribution is -2.68. The molecule has 0 radical (unpaired) electrons.